The van der Waals surface area contributed by atoms with E-state index in [0.717, 1.165) is 11.4 Å². The third-order valence-electron chi connectivity index (χ3n) is 17.0. The predicted octanol–water partition coefficient (Wildman–Crippen LogP) is 17.9. The maximum atomic E-state index is 2.48. The van der Waals surface area contributed by atoms with Gasteiger partial charge in [0.15, 0.2) is 8.07 Å². The molecule has 12 aromatic carbocycles. The van der Waals surface area contributed by atoms with Crippen molar-refractivity contribution in [2.24, 2.45) is 0 Å². The molecule has 0 N–H and O–H groups in total. The van der Waals surface area contributed by atoms with Crippen molar-refractivity contribution >= 4 is 62.9 Å². The summed E-state index contributed by atoms with van der Waals surface area (Å²) in [4.78, 5) is 4.97. The molecule has 79 heavy (non-hydrogen) atoms. The van der Waals surface area contributed by atoms with Gasteiger partial charge < -0.3 is 9.80 Å². The van der Waals surface area contributed by atoms with E-state index in [1.165, 1.54) is 133 Å². The number of para-hydroxylation sites is 4. The van der Waals surface area contributed by atoms with Crippen molar-refractivity contribution in [3.8, 4) is 66.8 Å². The van der Waals surface area contributed by atoms with E-state index in [-0.39, 0.29) is 0 Å². The number of hydrogen-bond acceptors (Lipinski definition) is 2. The summed E-state index contributed by atoms with van der Waals surface area (Å²) in [5, 5.41) is 5.25. The number of benzene rings is 12. The minimum Gasteiger partial charge on any atom is -0.309 e. The average Bonchev–Trinajstić information content (AvgIpc) is 3.95. The second kappa shape index (κ2) is 19.5. The SMILES string of the molecule is Cc1cc2c(cc1C)-c1ccccc1N(c1ccc([Si](c3ccc(-c4ccccc4)cc3)(c3ccc(-c4ccccc4)cc3)c3ccc(N4c5ccccc5-c5cc(C)c(C)cc5-c5ccccc54)cc3)cc1)c1ccccc1-2. The molecule has 0 atom stereocenters. The van der Waals surface area contributed by atoms with Crippen molar-refractivity contribution in [3.63, 3.8) is 0 Å². The molecule has 2 heterocycles. The standard InChI is InChI=1S/C76H58N2Si/c1-51-47-69-65-23-11-15-27-73(65)77(74-28-16-12-24-66(74)70(69)48-52(51)2)59-35-43-63(44-36-59)79(61-39-31-57(32-40-61)55-19-7-5-8-20-55,62-41-33-58(34-42-62)56-21-9-6-10-22-56)64-45-37-60(38-46-64)78-75-29-17-13-25-67(75)71-49-53(3)54(4)50-72(71)68-26-14-18-30-76(68)78/h5-50H,1-4H3. The maximum Gasteiger partial charge on any atom is 0.179 e. The van der Waals surface area contributed by atoms with Crippen LogP contribution in [0.25, 0.3) is 66.8 Å². The minimum absolute atomic E-state index is 1.12. The molecule has 0 aromatic heterocycles. The first kappa shape index (κ1) is 47.9. The van der Waals surface area contributed by atoms with Crippen LogP contribution in [0.1, 0.15) is 22.3 Å². The van der Waals surface area contributed by atoms with E-state index in [2.05, 4.69) is 317 Å². The highest BCUT2D eigenvalue weighted by atomic mass is 28.3. The lowest BCUT2D eigenvalue weighted by molar-refractivity contribution is 1.30. The van der Waals surface area contributed by atoms with Crippen LogP contribution in [0, 0.1) is 27.7 Å². The first-order valence-electron chi connectivity index (χ1n) is 27.6. The van der Waals surface area contributed by atoms with Crippen LogP contribution in [0.5, 0.6) is 0 Å². The summed E-state index contributed by atoms with van der Waals surface area (Å²) in [5.74, 6) is 0. The number of nitrogens with zero attached hydrogens (tertiary/aromatic N) is 2. The van der Waals surface area contributed by atoms with Gasteiger partial charge in [0.05, 0.1) is 22.7 Å². The van der Waals surface area contributed by atoms with Crippen molar-refractivity contribution in [2.75, 3.05) is 9.80 Å². The van der Waals surface area contributed by atoms with E-state index in [4.69, 9.17) is 0 Å². The predicted molar refractivity (Wildman–Crippen MR) is 338 cm³/mol. The first-order valence-corrected chi connectivity index (χ1v) is 29.6. The van der Waals surface area contributed by atoms with Gasteiger partial charge in [-0.1, -0.05) is 231 Å². The Kier molecular flexibility index (Phi) is 11.8. The summed E-state index contributed by atoms with van der Waals surface area (Å²) >= 11 is 0. The Balaban J connectivity index is 0.985. The van der Waals surface area contributed by atoms with Gasteiger partial charge >= 0.3 is 0 Å². The molecule has 0 saturated heterocycles. The maximum absolute atomic E-state index is 3.17. The molecule has 0 saturated carbocycles. The molecule has 2 aliphatic rings. The summed E-state index contributed by atoms with van der Waals surface area (Å²) in [7, 11) is -3.17. The van der Waals surface area contributed by atoms with Gasteiger partial charge in [-0.15, -0.1) is 0 Å². The molecule has 0 unspecified atom stereocenters. The minimum atomic E-state index is -3.17. The number of hydrogen-bond donors (Lipinski definition) is 0. The second-order valence-corrected chi connectivity index (χ2v) is 25.2. The van der Waals surface area contributed by atoms with Gasteiger partial charge in [0.2, 0.25) is 0 Å². The first-order chi connectivity index (χ1) is 38.8. The largest absolute Gasteiger partial charge is 0.309 e. The lowest BCUT2D eigenvalue weighted by atomic mass is 9.91. The highest BCUT2D eigenvalue weighted by Crippen LogP contribution is 2.53. The van der Waals surface area contributed by atoms with E-state index in [1.54, 1.807) is 0 Å². The normalized spacial score (nSPS) is 12.3. The molecule has 0 spiro atoms. The molecule has 0 bridgehead atoms. The lowest BCUT2D eigenvalue weighted by Crippen LogP contribution is -2.74. The third kappa shape index (κ3) is 8.00. The summed E-state index contributed by atoms with van der Waals surface area (Å²) < 4.78 is 0. The number of aryl methyl sites for hydroxylation is 4. The van der Waals surface area contributed by atoms with Crippen molar-refractivity contribution in [2.45, 2.75) is 27.7 Å². The van der Waals surface area contributed by atoms with Crippen LogP contribution in [0.3, 0.4) is 0 Å². The van der Waals surface area contributed by atoms with Crippen LogP contribution < -0.4 is 30.5 Å². The van der Waals surface area contributed by atoms with Gasteiger partial charge in [0.25, 0.3) is 0 Å². The smallest absolute Gasteiger partial charge is 0.179 e. The van der Waals surface area contributed by atoms with Gasteiger partial charge in [-0.05, 0) is 164 Å². The highest BCUT2D eigenvalue weighted by Gasteiger charge is 2.42. The van der Waals surface area contributed by atoms with Gasteiger partial charge in [-0.25, -0.2) is 0 Å². The van der Waals surface area contributed by atoms with Gasteiger partial charge in [0.1, 0.15) is 0 Å². The zero-order valence-electron chi connectivity index (χ0n) is 45.0. The molecule has 0 radical (unpaired) electrons. The second-order valence-electron chi connectivity index (χ2n) is 21.4. The van der Waals surface area contributed by atoms with Crippen LogP contribution in [-0.4, -0.2) is 8.07 Å². The Labute approximate surface area is 465 Å². The lowest BCUT2D eigenvalue weighted by Gasteiger charge is -2.36. The summed E-state index contributed by atoms with van der Waals surface area (Å²) in [6.45, 7) is 8.92. The fourth-order valence-corrected chi connectivity index (χ4v) is 17.4. The Hall–Kier alpha value is -9.54. The molecule has 376 valence electrons. The number of fused-ring (bicyclic) bond motifs is 10. The van der Waals surface area contributed by atoms with Crippen LogP contribution >= 0.6 is 0 Å². The Morgan fingerprint density at radius 1 is 0.215 bits per heavy atom. The van der Waals surface area contributed by atoms with Crippen LogP contribution in [-0.2, 0) is 0 Å². The van der Waals surface area contributed by atoms with Crippen molar-refractivity contribution in [1.82, 2.24) is 0 Å². The average molecular weight is 1030 g/mol. The van der Waals surface area contributed by atoms with E-state index in [1.807, 2.05) is 0 Å². The van der Waals surface area contributed by atoms with Crippen LogP contribution in [0.2, 0.25) is 0 Å². The molecule has 14 rings (SSSR count). The van der Waals surface area contributed by atoms with Crippen molar-refractivity contribution in [3.05, 3.63) is 301 Å². The molecule has 0 amide bonds. The number of anilines is 6. The van der Waals surface area contributed by atoms with Gasteiger partial charge in [-0.2, -0.15) is 0 Å². The topological polar surface area (TPSA) is 6.48 Å². The number of rotatable bonds is 8. The van der Waals surface area contributed by atoms with Crippen molar-refractivity contribution in [1.29, 1.82) is 0 Å². The molecule has 3 heteroatoms. The molecule has 12 aromatic rings. The third-order valence-corrected chi connectivity index (χ3v) is 21.8. The zero-order chi connectivity index (χ0) is 53.2. The van der Waals surface area contributed by atoms with Crippen LogP contribution in [0.15, 0.2) is 279 Å². The molecular formula is C76H58N2Si. The Morgan fingerprint density at radius 2 is 0.443 bits per heavy atom. The Bertz CT molecular complexity index is 3830. The van der Waals surface area contributed by atoms with Crippen LogP contribution in [0.4, 0.5) is 34.1 Å². The van der Waals surface area contributed by atoms with Gasteiger partial charge in [0, 0.05) is 33.6 Å². The molecule has 2 aliphatic heterocycles. The Morgan fingerprint density at radius 3 is 0.722 bits per heavy atom. The summed E-state index contributed by atoms with van der Waals surface area (Å²) in [5.41, 5.74) is 26.9. The summed E-state index contributed by atoms with van der Waals surface area (Å²) in [6.07, 6.45) is 0. The molecule has 0 fully saturated rings. The van der Waals surface area contributed by atoms with E-state index < -0.39 is 8.07 Å². The van der Waals surface area contributed by atoms with E-state index >= 15 is 0 Å². The monoisotopic (exact) mass is 1030 g/mol. The van der Waals surface area contributed by atoms with E-state index in [9.17, 15) is 0 Å². The molecule has 2 nitrogen and oxygen atoms in total. The fourth-order valence-electron chi connectivity index (χ4n) is 12.7. The summed E-state index contributed by atoms with van der Waals surface area (Å²) in [6, 6.07) is 105. The van der Waals surface area contributed by atoms with E-state index in [0.29, 0.717) is 0 Å². The zero-order valence-corrected chi connectivity index (χ0v) is 46.0. The molecular weight excluding hydrogens is 969 g/mol. The fraction of sp³-hybridized carbons (Fsp3) is 0.0526. The molecule has 0 aliphatic carbocycles. The highest BCUT2D eigenvalue weighted by molar-refractivity contribution is 7.19. The van der Waals surface area contributed by atoms with Gasteiger partial charge in [-0.3, -0.25) is 0 Å². The van der Waals surface area contributed by atoms with Crippen molar-refractivity contribution < 1.29 is 0 Å². The quantitative estimate of drug-likeness (QED) is 0.111.